The van der Waals surface area contributed by atoms with Crippen LogP contribution in [0, 0.1) is 10.1 Å². The zero-order valence-corrected chi connectivity index (χ0v) is 13.7. The Labute approximate surface area is 145 Å². The molecule has 1 aliphatic heterocycles. The minimum Gasteiger partial charge on any atom is -0.353 e. The number of ether oxygens (including phenoxy) is 2. The van der Waals surface area contributed by atoms with Crippen LogP contribution in [0.5, 0.6) is 0 Å². The van der Waals surface area contributed by atoms with Crippen molar-refractivity contribution in [3.8, 4) is 0 Å². The summed E-state index contributed by atoms with van der Waals surface area (Å²) in [6, 6.07) is 12.9. The maximum Gasteiger partial charge on any atom is 0.270 e. The Balaban J connectivity index is 1.78. The predicted octanol–water partition coefficient (Wildman–Crippen LogP) is 3.87. The number of non-ortho nitro benzene ring substituents is 1. The number of benzene rings is 2. The Kier molecular flexibility index (Phi) is 5.53. The second-order valence-corrected chi connectivity index (χ2v) is 5.90. The molecule has 2 aromatic carbocycles. The summed E-state index contributed by atoms with van der Waals surface area (Å²) in [5, 5.41) is 10.9. The molecule has 1 aliphatic rings. The van der Waals surface area contributed by atoms with Crippen LogP contribution >= 0.6 is 0 Å². The van der Waals surface area contributed by atoms with E-state index >= 15 is 0 Å². The average Bonchev–Trinajstić information content (AvgIpc) is 2.67. The van der Waals surface area contributed by atoms with Gasteiger partial charge >= 0.3 is 0 Å². The smallest absolute Gasteiger partial charge is 0.270 e. The minimum atomic E-state index is -0.508. The summed E-state index contributed by atoms with van der Waals surface area (Å²) < 4.78 is 11.3. The van der Waals surface area contributed by atoms with E-state index in [2.05, 4.69) is 0 Å². The highest BCUT2D eigenvalue weighted by Gasteiger charge is 2.18. The maximum atomic E-state index is 12.8. The van der Waals surface area contributed by atoms with Gasteiger partial charge < -0.3 is 9.47 Å². The molecule has 130 valence electrons. The van der Waals surface area contributed by atoms with Crippen molar-refractivity contribution < 1.29 is 19.2 Å². The van der Waals surface area contributed by atoms with Crippen molar-refractivity contribution in [3.63, 3.8) is 0 Å². The number of carbonyl (C=O) groups excluding carboxylic acids is 1. The van der Waals surface area contributed by atoms with Crippen molar-refractivity contribution in [3.05, 3.63) is 75.3 Å². The number of nitro benzene ring substituents is 1. The zero-order valence-electron chi connectivity index (χ0n) is 13.7. The fourth-order valence-electron chi connectivity index (χ4n) is 2.81. The molecule has 0 aliphatic carbocycles. The molecule has 1 saturated heterocycles. The number of nitrogens with zero attached hydrogens (tertiary/aromatic N) is 1. The van der Waals surface area contributed by atoms with Crippen molar-refractivity contribution in [1.29, 1.82) is 0 Å². The lowest BCUT2D eigenvalue weighted by atomic mass is 9.98. The van der Waals surface area contributed by atoms with Crippen LogP contribution in [0.2, 0.25) is 0 Å². The number of hydrogen-bond acceptors (Lipinski definition) is 5. The molecule has 1 fully saturated rings. The summed E-state index contributed by atoms with van der Waals surface area (Å²) >= 11 is 0. The van der Waals surface area contributed by atoms with Crippen LogP contribution in [0.25, 0.3) is 0 Å². The third-order valence-corrected chi connectivity index (χ3v) is 4.14. The Hall–Kier alpha value is -2.57. The van der Waals surface area contributed by atoms with Gasteiger partial charge in [-0.05, 0) is 24.8 Å². The zero-order chi connectivity index (χ0) is 17.6. The highest BCUT2D eigenvalue weighted by atomic mass is 16.7. The van der Waals surface area contributed by atoms with E-state index in [0.29, 0.717) is 12.2 Å². The first-order chi connectivity index (χ1) is 12.1. The molecule has 0 aromatic heterocycles. The Bertz CT molecular complexity index is 768. The molecule has 0 radical (unpaired) electrons. The predicted molar refractivity (Wildman–Crippen MR) is 91.4 cm³/mol. The van der Waals surface area contributed by atoms with Gasteiger partial charge in [0.25, 0.3) is 5.69 Å². The van der Waals surface area contributed by atoms with Gasteiger partial charge in [-0.25, -0.2) is 0 Å². The highest BCUT2D eigenvalue weighted by Crippen LogP contribution is 2.21. The summed E-state index contributed by atoms with van der Waals surface area (Å²) in [4.78, 5) is 23.2. The third kappa shape index (κ3) is 4.29. The minimum absolute atomic E-state index is 0.102. The lowest BCUT2D eigenvalue weighted by molar-refractivity contribution is -0.384. The largest absolute Gasteiger partial charge is 0.353 e. The quantitative estimate of drug-likeness (QED) is 0.453. The van der Waals surface area contributed by atoms with Crippen molar-refractivity contribution >= 4 is 11.5 Å². The average molecular weight is 341 g/mol. The van der Waals surface area contributed by atoms with Crippen LogP contribution in [0.3, 0.4) is 0 Å². The van der Waals surface area contributed by atoms with Gasteiger partial charge in [0, 0.05) is 29.9 Å². The molecule has 6 heteroatoms. The highest BCUT2D eigenvalue weighted by molar-refractivity contribution is 6.10. The van der Waals surface area contributed by atoms with Gasteiger partial charge in [0.1, 0.15) is 0 Å². The van der Waals surface area contributed by atoms with Crippen molar-refractivity contribution in [2.45, 2.75) is 32.2 Å². The Morgan fingerprint density at radius 1 is 1.20 bits per heavy atom. The summed E-state index contributed by atoms with van der Waals surface area (Å²) in [5.74, 6) is -0.257. The summed E-state index contributed by atoms with van der Waals surface area (Å²) in [6.07, 6.45) is 2.72. The van der Waals surface area contributed by atoms with Gasteiger partial charge in [-0.1, -0.05) is 36.4 Å². The maximum absolute atomic E-state index is 12.8. The number of nitro groups is 1. The molecule has 0 N–H and O–H groups in total. The van der Waals surface area contributed by atoms with Gasteiger partial charge in [-0.15, -0.1) is 0 Å². The standard InChI is InChI=1S/C19H19NO5/c21-19(14-7-5-8-16(12-14)20(22)23)17-9-2-1-6-15(17)13-25-18-10-3-4-11-24-18/h1-2,5-9,12,18H,3-4,10-11,13H2. The first-order valence-corrected chi connectivity index (χ1v) is 8.25. The lowest BCUT2D eigenvalue weighted by Gasteiger charge is -2.23. The second kappa shape index (κ2) is 8.00. The molecule has 0 bridgehead atoms. The molecule has 0 saturated carbocycles. The van der Waals surface area contributed by atoms with Crippen LogP contribution < -0.4 is 0 Å². The molecule has 25 heavy (non-hydrogen) atoms. The van der Waals surface area contributed by atoms with Crippen LogP contribution in [0.1, 0.15) is 40.7 Å². The SMILES string of the molecule is O=C(c1cccc([N+](=O)[O-])c1)c1ccccc1COC1CCCCO1. The summed E-state index contributed by atoms with van der Waals surface area (Å²) in [7, 11) is 0. The van der Waals surface area contributed by atoms with Crippen LogP contribution in [0.4, 0.5) is 5.69 Å². The number of ketones is 1. The van der Waals surface area contributed by atoms with E-state index in [0.717, 1.165) is 24.8 Å². The fraction of sp³-hybridized carbons (Fsp3) is 0.316. The fourth-order valence-corrected chi connectivity index (χ4v) is 2.81. The lowest BCUT2D eigenvalue weighted by Crippen LogP contribution is -2.22. The van der Waals surface area contributed by atoms with Gasteiger partial charge in [0.15, 0.2) is 12.1 Å². The Morgan fingerprint density at radius 3 is 2.80 bits per heavy atom. The van der Waals surface area contributed by atoms with Crippen LogP contribution in [-0.2, 0) is 16.1 Å². The van der Waals surface area contributed by atoms with E-state index in [1.54, 1.807) is 18.2 Å². The van der Waals surface area contributed by atoms with Crippen LogP contribution in [-0.4, -0.2) is 23.6 Å². The molecule has 6 nitrogen and oxygen atoms in total. The topological polar surface area (TPSA) is 78.7 Å². The number of rotatable bonds is 6. The van der Waals surface area contributed by atoms with E-state index in [9.17, 15) is 14.9 Å². The first kappa shape index (κ1) is 17.3. The van der Waals surface area contributed by atoms with Crippen molar-refractivity contribution in [2.75, 3.05) is 6.61 Å². The van der Waals surface area contributed by atoms with E-state index in [-0.39, 0.29) is 29.9 Å². The monoisotopic (exact) mass is 341 g/mol. The number of hydrogen-bond donors (Lipinski definition) is 0. The van der Waals surface area contributed by atoms with E-state index in [1.807, 2.05) is 12.1 Å². The van der Waals surface area contributed by atoms with Crippen LogP contribution in [0.15, 0.2) is 48.5 Å². The van der Waals surface area contributed by atoms with Crippen molar-refractivity contribution in [2.24, 2.45) is 0 Å². The molecule has 0 amide bonds. The van der Waals surface area contributed by atoms with Gasteiger partial charge in [-0.3, -0.25) is 14.9 Å². The Morgan fingerprint density at radius 2 is 2.04 bits per heavy atom. The molecule has 1 heterocycles. The number of carbonyl (C=O) groups is 1. The summed E-state index contributed by atoms with van der Waals surface area (Å²) in [6.45, 7) is 0.959. The van der Waals surface area contributed by atoms with Gasteiger partial charge in [0.05, 0.1) is 11.5 Å². The third-order valence-electron chi connectivity index (χ3n) is 4.14. The van der Waals surface area contributed by atoms with E-state index in [1.165, 1.54) is 18.2 Å². The van der Waals surface area contributed by atoms with Gasteiger partial charge in [0.2, 0.25) is 0 Å². The summed E-state index contributed by atoms with van der Waals surface area (Å²) in [5.41, 5.74) is 1.41. The van der Waals surface area contributed by atoms with Gasteiger partial charge in [-0.2, -0.15) is 0 Å². The molecular weight excluding hydrogens is 322 g/mol. The normalized spacial score (nSPS) is 17.2. The molecule has 1 unspecified atom stereocenters. The molecule has 3 rings (SSSR count). The van der Waals surface area contributed by atoms with Crippen molar-refractivity contribution in [1.82, 2.24) is 0 Å². The van der Waals surface area contributed by atoms with E-state index in [4.69, 9.17) is 9.47 Å². The second-order valence-electron chi connectivity index (χ2n) is 5.90. The van der Waals surface area contributed by atoms with E-state index < -0.39 is 4.92 Å². The molecular formula is C19H19NO5. The molecule has 1 atom stereocenters. The first-order valence-electron chi connectivity index (χ1n) is 8.25. The molecule has 0 spiro atoms. The molecule has 2 aromatic rings.